The van der Waals surface area contributed by atoms with E-state index < -0.39 is 0 Å². The molecule has 1 saturated heterocycles. The zero-order chi connectivity index (χ0) is 10.5. The second-order valence-corrected chi connectivity index (χ2v) is 3.64. The number of nitrogens with one attached hydrogen (secondary N) is 1. The molecule has 0 bridgehead atoms. The van der Waals surface area contributed by atoms with E-state index in [9.17, 15) is 0 Å². The third kappa shape index (κ3) is 2.76. The molecular formula is C10H17N3O2. The van der Waals surface area contributed by atoms with Crippen LogP contribution in [0.25, 0.3) is 0 Å². The van der Waals surface area contributed by atoms with E-state index in [0.29, 0.717) is 6.61 Å². The maximum absolute atomic E-state index is 5.23. The summed E-state index contributed by atoms with van der Waals surface area (Å²) in [6, 6.07) is 0.262. The van der Waals surface area contributed by atoms with E-state index >= 15 is 0 Å². The maximum Gasteiger partial charge on any atom is 0.243 e. The minimum Gasteiger partial charge on any atom is -0.381 e. The second kappa shape index (κ2) is 5.23. The van der Waals surface area contributed by atoms with Crippen molar-refractivity contribution in [2.75, 3.05) is 19.8 Å². The van der Waals surface area contributed by atoms with E-state index in [-0.39, 0.29) is 6.04 Å². The predicted octanol–water partition coefficient (Wildman–Crippen LogP) is 1.07. The first-order chi connectivity index (χ1) is 7.40. The molecule has 0 aromatic carbocycles. The fourth-order valence-electron chi connectivity index (χ4n) is 1.71. The van der Waals surface area contributed by atoms with Crippen LogP contribution in [0.5, 0.6) is 0 Å². The van der Waals surface area contributed by atoms with E-state index in [0.717, 1.165) is 37.7 Å². The van der Waals surface area contributed by atoms with Gasteiger partial charge in [-0.1, -0.05) is 5.16 Å². The van der Waals surface area contributed by atoms with Gasteiger partial charge in [-0.05, 0) is 26.3 Å². The molecule has 1 aliphatic heterocycles. The highest BCUT2D eigenvalue weighted by Crippen LogP contribution is 2.20. The Balaban J connectivity index is 1.86. The molecule has 5 heteroatoms. The van der Waals surface area contributed by atoms with Gasteiger partial charge in [0.1, 0.15) is 0 Å². The average Bonchev–Trinajstić information content (AvgIpc) is 2.87. The molecule has 84 valence electrons. The molecule has 0 spiro atoms. The monoisotopic (exact) mass is 211 g/mol. The van der Waals surface area contributed by atoms with E-state index in [1.54, 1.807) is 0 Å². The predicted molar refractivity (Wildman–Crippen MR) is 54.5 cm³/mol. The van der Waals surface area contributed by atoms with Crippen molar-refractivity contribution < 1.29 is 9.26 Å². The summed E-state index contributed by atoms with van der Waals surface area (Å²) >= 11 is 0. The molecule has 1 unspecified atom stereocenters. The average molecular weight is 211 g/mol. The molecule has 1 aromatic rings. The Morgan fingerprint density at radius 3 is 3.27 bits per heavy atom. The topological polar surface area (TPSA) is 60.2 Å². The number of aromatic nitrogens is 2. The van der Waals surface area contributed by atoms with Gasteiger partial charge in [-0.15, -0.1) is 0 Å². The lowest BCUT2D eigenvalue weighted by atomic mass is 10.2. The molecule has 15 heavy (non-hydrogen) atoms. The van der Waals surface area contributed by atoms with Crippen LogP contribution in [0.2, 0.25) is 0 Å². The molecule has 0 radical (unpaired) electrons. The Bertz CT molecular complexity index is 295. The number of hydrogen-bond donors (Lipinski definition) is 1. The Labute approximate surface area is 89.2 Å². The normalized spacial score (nSPS) is 21.0. The SMILES string of the molecule is CCOCCc1noc(C2CCCN2)n1. The molecule has 1 aliphatic rings. The Kier molecular flexibility index (Phi) is 3.69. The van der Waals surface area contributed by atoms with E-state index in [4.69, 9.17) is 9.26 Å². The van der Waals surface area contributed by atoms with E-state index in [1.165, 1.54) is 6.42 Å². The molecule has 1 aromatic heterocycles. The van der Waals surface area contributed by atoms with Gasteiger partial charge in [0.15, 0.2) is 5.82 Å². The van der Waals surface area contributed by atoms with E-state index in [1.807, 2.05) is 6.92 Å². The first-order valence-corrected chi connectivity index (χ1v) is 5.53. The highest BCUT2D eigenvalue weighted by molar-refractivity contribution is 4.95. The minimum absolute atomic E-state index is 0.262. The van der Waals surface area contributed by atoms with Gasteiger partial charge in [0.25, 0.3) is 0 Å². The molecular weight excluding hydrogens is 194 g/mol. The number of ether oxygens (including phenoxy) is 1. The van der Waals surface area contributed by atoms with Crippen molar-refractivity contribution in [3.05, 3.63) is 11.7 Å². The van der Waals surface area contributed by atoms with Gasteiger partial charge in [0, 0.05) is 13.0 Å². The highest BCUT2D eigenvalue weighted by atomic mass is 16.5. The second-order valence-electron chi connectivity index (χ2n) is 3.64. The van der Waals surface area contributed by atoms with Gasteiger partial charge in [-0.3, -0.25) is 0 Å². The standard InChI is InChI=1S/C10H17N3O2/c1-2-14-7-5-9-12-10(15-13-9)8-4-3-6-11-8/h8,11H,2-7H2,1H3. The lowest BCUT2D eigenvalue weighted by Gasteiger charge is -2.01. The van der Waals surface area contributed by atoms with Crippen molar-refractivity contribution in [2.45, 2.75) is 32.2 Å². The molecule has 0 amide bonds. The first-order valence-electron chi connectivity index (χ1n) is 5.53. The van der Waals surface area contributed by atoms with Gasteiger partial charge in [0.2, 0.25) is 5.89 Å². The maximum atomic E-state index is 5.23. The van der Waals surface area contributed by atoms with Crippen LogP contribution in [0.1, 0.15) is 37.5 Å². The highest BCUT2D eigenvalue weighted by Gasteiger charge is 2.21. The zero-order valence-electron chi connectivity index (χ0n) is 9.03. The summed E-state index contributed by atoms with van der Waals surface area (Å²) in [7, 11) is 0. The third-order valence-electron chi connectivity index (χ3n) is 2.52. The summed E-state index contributed by atoms with van der Waals surface area (Å²) < 4.78 is 10.4. The van der Waals surface area contributed by atoms with Crippen molar-refractivity contribution in [1.29, 1.82) is 0 Å². The smallest absolute Gasteiger partial charge is 0.243 e. The number of hydrogen-bond acceptors (Lipinski definition) is 5. The molecule has 1 atom stereocenters. The molecule has 2 rings (SSSR count). The fraction of sp³-hybridized carbons (Fsp3) is 0.800. The third-order valence-corrected chi connectivity index (χ3v) is 2.52. The van der Waals surface area contributed by atoms with E-state index in [2.05, 4.69) is 15.5 Å². The van der Waals surface area contributed by atoms with Crippen molar-refractivity contribution >= 4 is 0 Å². The van der Waals surface area contributed by atoms with Crippen molar-refractivity contribution in [2.24, 2.45) is 0 Å². The molecule has 0 aliphatic carbocycles. The summed E-state index contributed by atoms with van der Waals surface area (Å²) in [4.78, 5) is 4.34. The largest absolute Gasteiger partial charge is 0.381 e. The Hall–Kier alpha value is -0.940. The summed E-state index contributed by atoms with van der Waals surface area (Å²) in [5, 5.41) is 7.25. The van der Waals surface area contributed by atoms with Crippen LogP contribution in [0.4, 0.5) is 0 Å². The minimum atomic E-state index is 0.262. The molecule has 2 heterocycles. The molecule has 1 N–H and O–H groups in total. The summed E-state index contributed by atoms with van der Waals surface area (Å²) in [6.07, 6.45) is 3.00. The van der Waals surface area contributed by atoms with Gasteiger partial charge in [-0.25, -0.2) is 0 Å². The lowest BCUT2D eigenvalue weighted by Crippen LogP contribution is -2.13. The Morgan fingerprint density at radius 2 is 2.53 bits per heavy atom. The summed E-state index contributed by atoms with van der Waals surface area (Å²) in [5.41, 5.74) is 0. The van der Waals surface area contributed by atoms with Gasteiger partial charge >= 0.3 is 0 Å². The van der Waals surface area contributed by atoms with Crippen LogP contribution in [-0.2, 0) is 11.2 Å². The van der Waals surface area contributed by atoms with Crippen LogP contribution in [-0.4, -0.2) is 29.9 Å². The van der Waals surface area contributed by atoms with Crippen molar-refractivity contribution in [3.8, 4) is 0 Å². The van der Waals surface area contributed by atoms with Gasteiger partial charge in [0.05, 0.1) is 12.6 Å². The van der Waals surface area contributed by atoms with Crippen LogP contribution in [0, 0.1) is 0 Å². The van der Waals surface area contributed by atoms with Crippen LogP contribution in [0.3, 0.4) is 0 Å². The van der Waals surface area contributed by atoms with Gasteiger partial charge in [-0.2, -0.15) is 4.98 Å². The summed E-state index contributed by atoms with van der Waals surface area (Å²) in [6.45, 7) is 4.41. The quantitative estimate of drug-likeness (QED) is 0.738. The Morgan fingerprint density at radius 1 is 1.60 bits per heavy atom. The van der Waals surface area contributed by atoms with Crippen molar-refractivity contribution in [1.82, 2.24) is 15.5 Å². The van der Waals surface area contributed by atoms with Crippen LogP contribution >= 0.6 is 0 Å². The number of nitrogens with zero attached hydrogens (tertiary/aromatic N) is 2. The lowest BCUT2D eigenvalue weighted by molar-refractivity contribution is 0.149. The zero-order valence-corrected chi connectivity index (χ0v) is 9.03. The molecule has 0 saturated carbocycles. The van der Waals surface area contributed by atoms with Gasteiger partial charge < -0.3 is 14.6 Å². The van der Waals surface area contributed by atoms with Crippen LogP contribution in [0.15, 0.2) is 4.52 Å². The van der Waals surface area contributed by atoms with Crippen LogP contribution < -0.4 is 5.32 Å². The first kappa shape index (κ1) is 10.6. The fourth-order valence-corrected chi connectivity index (χ4v) is 1.71. The number of rotatable bonds is 5. The van der Waals surface area contributed by atoms with Crippen molar-refractivity contribution in [3.63, 3.8) is 0 Å². The molecule has 1 fully saturated rings. The summed E-state index contributed by atoms with van der Waals surface area (Å²) in [5.74, 6) is 1.46. The molecule has 5 nitrogen and oxygen atoms in total.